The second-order valence-electron chi connectivity index (χ2n) is 6.57. The first-order valence-corrected chi connectivity index (χ1v) is 9.44. The van der Waals surface area contributed by atoms with Crippen LogP contribution in [0.4, 0.5) is 11.5 Å². The van der Waals surface area contributed by atoms with E-state index < -0.39 is 5.56 Å². The highest BCUT2D eigenvalue weighted by molar-refractivity contribution is 7.19. The lowest BCUT2D eigenvalue weighted by atomic mass is 9.99. The van der Waals surface area contributed by atoms with Crippen molar-refractivity contribution in [3.8, 4) is 10.8 Å². The third-order valence-electron chi connectivity index (χ3n) is 4.63. The molecule has 28 heavy (non-hydrogen) atoms. The predicted octanol–water partition coefficient (Wildman–Crippen LogP) is 3.95. The van der Waals surface area contributed by atoms with Gasteiger partial charge in [0.15, 0.2) is 10.8 Å². The number of nitrogens with two attached hydrogens (primary N) is 1. The Morgan fingerprint density at radius 3 is 2.89 bits per heavy atom. The number of aryl methyl sites for hydroxylation is 1. The standard InChI is InChI=1S/C20H15N5O2S/c1-10-5-6-15-13(8-10)12(11(2)22-15)9-14-17(21)25-20(23-18(14)26)28-19(24-25)16-4-3-7-27-16/h3-9H,21H2,1-2H3/b12-9+. The fraction of sp³-hybridized carbons (Fsp3) is 0.100. The highest BCUT2D eigenvalue weighted by Gasteiger charge is 2.21. The molecule has 8 heteroatoms. The lowest BCUT2D eigenvalue weighted by Crippen LogP contribution is -2.17. The molecule has 4 heterocycles. The van der Waals surface area contributed by atoms with Gasteiger partial charge in [0.2, 0.25) is 4.96 Å². The number of hydrogen-bond acceptors (Lipinski definition) is 7. The molecule has 0 aliphatic carbocycles. The molecule has 1 aromatic carbocycles. The number of furan rings is 1. The number of anilines is 1. The molecule has 0 atom stereocenters. The van der Waals surface area contributed by atoms with Gasteiger partial charge in [-0.3, -0.25) is 9.79 Å². The molecule has 0 unspecified atom stereocenters. The van der Waals surface area contributed by atoms with Crippen molar-refractivity contribution < 1.29 is 4.42 Å². The monoisotopic (exact) mass is 389 g/mol. The summed E-state index contributed by atoms with van der Waals surface area (Å²) in [6.07, 6.45) is 3.33. The Balaban J connectivity index is 1.70. The Hall–Kier alpha value is -3.52. The summed E-state index contributed by atoms with van der Waals surface area (Å²) in [6, 6.07) is 9.62. The molecule has 5 rings (SSSR count). The van der Waals surface area contributed by atoms with E-state index in [0.29, 0.717) is 21.3 Å². The summed E-state index contributed by atoms with van der Waals surface area (Å²) in [5.41, 5.74) is 10.9. The maximum absolute atomic E-state index is 12.7. The average molecular weight is 389 g/mol. The number of rotatable bonds is 2. The molecule has 4 aromatic rings. The number of hydrogen-bond donors (Lipinski definition) is 1. The van der Waals surface area contributed by atoms with Gasteiger partial charge < -0.3 is 10.2 Å². The summed E-state index contributed by atoms with van der Waals surface area (Å²) in [5.74, 6) is 0.843. The van der Waals surface area contributed by atoms with Crippen LogP contribution in [-0.2, 0) is 0 Å². The van der Waals surface area contributed by atoms with Crippen molar-refractivity contribution >= 4 is 45.2 Å². The van der Waals surface area contributed by atoms with E-state index in [1.54, 1.807) is 24.5 Å². The van der Waals surface area contributed by atoms with Crippen molar-refractivity contribution in [2.75, 3.05) is 5.73 Å². The van der Waals surface area contributed by atoms with Gasteiger partial charge in [0.25, 0.3) is 5.56 Å². The third kappa shape index (κ3) is 2.49. The fourth-order valence-corrected chi connectivity index (χ4v) is 4.11. The van der Waals surface area contributed by atoms with Gasteiger partial charge in [0.1, 0.15) is 5.82 Å². The van der Waals surface area contributed by atoms with Crippen LogP contribution in [-0.4, -0.2) is 20.3 Å². The first-order valence-electron chi connectivity index (χ1n) is 8.63. The van der Waals surface area contributed by atoms with Gasteiger partial charge in [0.05, 0.1) is 17.5 Å². The van der Waals surface area contributed by atoms with Crippen LogP contribution < -0.4 is 11.3 Å². The van der Waals surface area contributed by atoms with Gasteiger partial charge in [-0.25, -0.2) is 0 Å². The van der Waals surface area contributed by atoms with E-state index in [4.69, 9.17) is 10.2 Å². The SMILES string of the molecule is CC1=Nc2ccc(C)cc2/C1=C/c1c(N)n2nc(-c3ccco3)sc2nc1=O. The lowest BCUT2D eigenvalue weighted by Gasteiger charge is -2.05. The van der Waals surface area contributed by atoms with E-state index in [9.17, 15) is 4.79 Å². The molecule has 2 N–H and O–H groups in total. The lowest BCUT2D eigenvalue weighted by molar-refractivity contribution is 0.580. The largest absolute Gasteiger partial charge is 0.462 e. The Labute approximate surface area is 163 Å². The molecule has 7 nitrogen and oxygen atoms in total. The van der Waals surface area contributed by atoms with Gasteiger partial charge in [-0.2, -0.15) is 9.50 Å². The fourth-order valence-electron chi connectivity index (χ4n) is 3.24. The zero-order valence-corrected chi connectivity index (χ0v) is 15.9. The van der Waals surface area contributed by atoms with Crippen LogP contribution in [0.15, 0.2) is 50.8 Å². The summed E-state index contributed by atoms with van der Waals surface area (Å²) >= 11 is 1.25. The van der Waals surface area contributed by atoms with E-state index in [-0.39, 0.29) is 5.82 Å². The number of benzene rings is 1. The van der Waals surface area contributed by atoms with Gasteiger partial charge >= 0.3 is 0 Å². The van der Waals surface area contributed by atoms with E-state index in [0.717, 1.165) is 28.1 Å². The molecule has 138 valence electrons. The van der Waals surface area contributed by atoms with Crippen molar-refractivity contribution in [2.24, 2.45) is 4.99 Å². The molecule has 1 aliphatic rings. The number of nitrogens with zero attached hydrogens (tertiary/aromatic N) is 4. The highest BCUT2D eigenvalue weighted by Crippen LogP contribution is 2.37. The number of allylic oxidation sites excluding steroid dienone is 1. The van der Waals surface area contributed by atoms with Gasteiger partial charge in [-0.15, -0.1) is 5.10 Å². The molecule has 0 amide bonds. The Morgan fingerprint density at radius 1 is 1.25 bits per heavy atom. The van der Waals surface area contributed by atoms with Crippen LogP contribution in [0.5, 0.6) is 0 Å². The minimum absolute atomic E-state index is 0.241. The zero-order valence-electron chi connectivity index (χ0n) is 15.1. The first-order chi connectivity index (χ1) is 13.5. The van der Waals surface area contributed by atoms with Crippen molar-refractivity contribution in [1.29, 1.82) is 0 Å². The second kappa shape index (κ2) is 6.00. The minimum Gasteiger partial charge on any atom is -0.462 e. The molecule has 1 aliphatic heterocycles. The topological polar surface area (TPSA) is 98.8 Å². The van der Waals surface area contributed by atoms with Crippen LogP contribution in [0.1, 0.15) is 23.6 Å². The maximum atomic E-state index is 12.7. The molecular formula is C20H15N5O2S. The van der Waals surface area contributed by atoms with E-state index in [2.05, 4.69) is 21.1 Å². The number of nitrogen functional groups attached to an aromatic ring is 1. The summed E-state index contributed by atoms with van der Waals surface area (Å²) in [4.78, 5) is 21.9. The molecule has 0 saturated heterocycles. The van der Waals surface area contributed by atoms with E-state index in [1.807, 2.05) is 26.0 Å². The summed E-state index contributed by atoms with van der Waals surface area (Å²) in [7, 11) is 0. The quantitative estimate of drug-likeness (QED) is 0.560. The van der Waals surface area contributed by atoms with Crippen LogP contribution in [0, 0.1) is 6.92 Å². The summed E-state index contributed by atoms with van der Waals surface area (Å²) in [5, 5.41) is 5.07. The molecule has 0 fully saturated rings. The van der Waals surface area contributed by atoms with Gasteiger partial charge in [-0.05, 0) is 44.2 Å². The first kappa shape index (κ1) is 16.6. The number of aromatic nitrogens is 3. The zero-order chi connectivity index (χ0) is 19.4. The molecule has 0 radical (unpaired) electrons. The van der Waals surface area contributed by atoms with Crippen molar-refractivity contribution in [1.82, 2.24) is 14.6 Å². The maximum Gasteiger partial charge on any atom is 0.283 e. The normalized spacial score (nSPS) is 14.6. The number of aliphatic imine (C=N–C) groups is 1. The minimum atomic E-state index is -0.395. The highest BCUT2D eigenvalue weighted by atomic mass is 32.1. The Kier molecular flexibility index (Phi) is 3.56. The predicted molar refractivity (Wildman–Crippen MR) is 111 cm³/mol. The summed E-state index contributed by atoms with van der Waals surface area (Å²) in [6.45, 7) is 3.94. The van der Waals surface area contributed by atoms with Crippen molar-refractivity contribution in [2.45, 2.75) is 13.8 Å². The van der Waals surface area contributed by atoms with Crippen molar-refractivity contribution in [3.63, 3.8) is 0 Å². The van der Waals surface area contributed by atoms with Gasteiger partial charge in [0, 0.05) is 16.8 Å². The smallest absolute Gasteiger partial charge is 0.283 e. The van der Waals surface area contributed by atoms with Crippen molar-refractivity contribution in [3.05, 3.63) is 63.6 Å². The molecular weight excluding hydrogens is 374 g/mol. The Morgan fingerprint density at radius 2 is 2.11 bits per heavy atom. The van der Waals surface area contributed by atoms with Crippen LogP contribution in [0.2, 0.25) is 0 Å². The molecule has 0 bridgehead atoms. The average Bonchev–Trinajstić information content (AvgIpc) is 3.37. The number of fused-ring (bicyclic) bond motifs is 2. The molecule has 3 aromatic heterocycles. The molecule has 0 saturated carbocycles. The molecule has 0 spiro atoms. The second-order valence-corrected chi connectivity index (χ2v) is 7.53. The van der Waals surface area contributed by atoms with Gasteiger partial charge in [-0.1, -0.05) is 23.0 Å². The van der Waals surface area contributed by atoms with Crippen LogP contribution >= 0.6 is 11.3 Å². The Bertz CT molecular complexity index is 1360. The van der Waals surface area contributed by atoms with Crippen LogP contribution in [0.25, 0.3) is 27.4 Å². The van der Waals surface area contributed by atoms with Crippen LogP contribution in [0.3, 0.4) is 0 Å². The summed E-state index contributed by atoms with van der Waals surface area (Å²) < 4.78 is 6.86. The third-order valence-corrected chi connectivity index (χ3v) is 5.56. The van der Waals surface area contributed by atoms with E-state index >= 15 is 0 Å². The van der Waals surface area contributed by atoms with E-state index in [1.165, 1.54) is 15.9 Å².